The van der Waals surface area contributed by atoms with Gasteiger partial charge in [-0.25, -0.2) is 4.98 Å². The monoisotopic (exact) mass is 381 g/mol. The number of nitrogens with zero attached hydrogens (tertiary/aromatic N) is 4. The van der Waals surface area contributed by atoms with E-state index in [0.29, 0.717) is 11.9 Å². The number of para-hydroxylation sites is 2. The fourth-order valence-corrected chi connectivity index (χ4v) is 4.24. The van der Waals surface area contributed by atoms with Crippen LogP contribution in [-0.4, -0.2) is 25.5 Å². The number of anilines is 2. The molecule has 0 saturated carbocycles. The average molecular weight is 381 g/mol. The van der Waals surface area contributed by atoms with E-state index in [1.54, 1.807) is 28.7 Å². The molecule has 0 aliphatic rings. The smallest absolute Gasteiger partial charge is 0.261 e. The molecule has 0 amide bonds. The molecule has 1 N–H and O–H groups in total. The molecule has 0 aliphatic heterocycles. The van der Waals surface area contributed by atoms with Crippen LogP contribution in [0.4, 0.5) is 10.8 Å². The zero-order chi connectivity index (χ0) is 17.8. The van der Waals surface area contributed by atoms with Crippen molar-refractivity contribution in [2.24, 2.45) is 0 Å². The van der Waals surface area contributed by atoms with Crippen molar-refractivity contribution in [1.82, 2.24) is 19.7 Å². The Balaban J connectivity index is 1.38. The fourth-order valence-electron chi connectivity index (χ4n) is 2.46. The van der Waals surface area contributed by atoms with E-state index < -0.39 is 0 Å². The van der Waals surface area contributed by atoms with Crippen LogP contribution in [0.25, 0.3) is 10.9 Å². The predicted octanol–water partition coefficient (Wildman–Crippen LogP) is 3.78. The summed E-state index contributed by atoms with van der Waals surface area (Å²) >= 11 is 3.07. The second-order valence-electron chi connectivity index (χ2n) is 5.47. The summed E-state index contributed by atoms with van der Waals surface area (Å²) in [6.45, 7) is 0.572. The number of rotatable bonds is 6. The number of fused-ring (bicyclic) bond motifs is 1. The fraction of sp³-hybridized carbons (Fsp3) is 0.111. The van der Waals surface area contributed by atoms with Crippen molar-refractivity contribution in [3.63, 3.8) is 0 Å². The van der Waals surface area contributed by atoms with Crippen molar-refractivity contribution in [2.75, 3.05) is 11.1 Å². The van der Waals surface area contributed by atoms with Gasteiger partial charge in [0, 0.05) is 18.0 Å². The standard InChI is InChI=1S/C18H15N5OS2/c24-16-14-8-4-5-9-15(14)19-12-23(16)10-11-25-18-22-21-17(26-18)20-13-6-2-1-3-7-13/h1-9,12H,10-11H2,(H,20,21). The van der Waals surface area contributed by atoms with Gasteiger partial charge in [0.1, 0.15) is 0 Å². The summed E-state index contributed by atoms with van der Waals surface area (Å²) in [6, 6.07) is 17.2. The highest BCUT2D eigenvalue weighted by molar-refractivity contribution is 8.01. The Hall–Kier alpha value is -2.71. The van der Waals surface area contributed by atoms with Gasteiger partial charge < -0.3 is 5.32 Å². The summed E-state index contributed by atoms with van der Waals surface area (Å²) in [5.41, 5.74) is 1.69. The van der Waals surface area contributed by atoms with Crippen LogP contribution in [0.15, 0.2) is 70.1 Å². The molecule has 4 rings (SSSR count). The first kappa shape index (κ1) is 16.7. The molecule has 0 spiro atoms. The van der Waals surface area contributed by atoms with Crippen LogP contribution in [0.3, 0.4) is 0 Å². The van der Waals surface area contributed by atoms with Crippen molar-refractivity contribution in [3.05, 3.63) is 71.3 Å². The molecular formula is C18H15N5OS2. The Kier molecular flexibility index (Phi) is 4.94. The van der Waals surface area contributed by atoms with Crippen molar-refractivity contribution in [2.45, 2.75) is 10.9 Å². The van der Waals surface area contributed by atoms with Gasteiger partial charge in [-0.1, -0.05) is 53.4 Å². The highest BCUT2D eigenvalue weighted by atomic mass is 32.2. The molecule has 0 fully saturated rings. The minimum Gasteiger partial charge on any atom is -0.330 e. The van der Waals surface area contributed by atoms with E-state index in [1.807, 2.05) is 48.5 Å². The minimum absolute atomic E-state index is 0.0140. The summed E-state index contributed by atoms with van der Waals surface area (Å²) in [5.74, 6) is 0.722. The number of hydrogen-bond acceptors (Lipinski definition) is 7. The van der Waals surface area contributed by atoms with Crippen LogP contribution in [0.1, 0.15) is 0 Å². The maximum absolute atomic E-state index is 12.5. The van der Waals surface area contributed by atoms with Gasteiger partial charge in [-0.2, -0.15) is 0 Å². The van der Waals surface area contributed by atoms with Crippen LogP contribution >= 0.6 is 23.1 Å². The first-order valence-corrected chi connectivity index (χ1v) is 9.82. The van der Waals surface area contributed by atoms with Crippen molar-refractivity contribution >= 4 is 44.8 Å². The lowest BCUT2D eigenvalue weighted by Gasteiger charge is -2.05. The number of hydrogen-bond donors (Lipinski definition) is 1. The Morgan fingerprint density at radius 3 is 2.73 bits per heavy atom. The van der Waals surface area contributed by atoms with Gasteiger partial charge in [-0.05, 0) is 24.3 Å². The third kappa shape index (κ3) is 3.76. The van der Waals surface area contributed by atoms with Gasteiger partial charge in [-0.3, -0.25) is 9.36 Å². The molecule has 0 aliphatic carbocycles. The van der Waals surface area contributed by atoms with E-state index in [1.165, 1.54) is 11.3 Å². The summed E-state index contributed by atoms with van der Waals surface area (Å²) < 4.78 is 2.50. The van der Waals surface area contributed by atoms with Gasteiger partial charge in [0.05, 0.1) is 17.2 Å². The Morgan fingerprint density at radius 2 is 1.85 bits per heavy atom. The summed E-state index contributed by atoms with van der Waals surface area (Å²) in [6.07, 6.45) is 1.60. The third-order valence-electron chi connectivity index (χ3n) is 3.72. The molecule has 6 nitrogen and oxygen atoms in total. The highest BCUT2D eigenvalue weighted by Crippen LogP contribution is 2.27. The number of benzene rings is 2. The first-order chi connectivity index (χ1) is 12.8. The van der Waals surface area contributed by atoms with E-state index in [9.17, 15) is 4.79 Å². The summed E-state index contributed by atoms with van der Waals surface area (Å²) in [7, 11) is 0. The SMILES string of the molecule is O=c1c2ccccc2ncn1CCSc1nnc(Nc2ccccc2)s1. The van der Waals surface area contributed by atoms with E-state index in [0.717, 1.165) is 26.4 Å². The van der Waals surface area contributed by atoms with Crippen LogP contribution < -0.4 is 10.9 Å². The lowest BCUT2D eigenvalue weighted by atomic mass is 10.2. The van der Waals surface area contributed by atoms with Gasteiger partial charge in [0.15, 0.2) is 4.34 Å². The molecule has 0 unspecified atom stereocenters. The average Bonchev–Trinajstić information content (AvgIpc) is 3.12. The highest BCUT2D eigenvalue weighted by Gasteiger charge is 2.07. The Morgan fingerprint density at radius 1 is 1.04 bits per heavy atom. The normalized spacial score (nSPS) is 10.9. The molecule has 0 bridgehead atoms. The van der Waals surface area contributed by atoms with E-state index in [-0.39, 0.29) is 5.56 Å². The lowest BCUT2D eigenvalue weighted by Crippen LogP contribution is -2.21. The van der Waals surface area contributed by atoms with Crippen molar-refractivity contribution in [1.29, 1.82) is 0 Å². The molecule has 26 heavy (non-hydrogen) atoms. The molecule has 0 saturated heterocycles. The van der Waals surface area contributed by atoms with Crippen LogP contribution in [0, 0.1) is 0 Å². The summed E-state index contributed by atoms with van der Waals surface area (Å²) in [5, 5.41) is 13.0. The Labute approximate surface area is 157 Å². The molecule has 0 radical (unpaired) electrons. The van der Waals surface area contributed by atoms with Gasteiger partial charge >= 0.3 is 0 Å². The van der Waals surface area contributed by atoms with Crippen LogP contribution in [0.5, 0.6) is 0 Å². The number of aryl methyl sites for hydroxylation is 1. The zero-order valence-electron chi connectivity index (χ0n) is 13.7. The molecule has 8 heteroatoms. The third-order valence-corrected chi connectivity index (χ3v) is 5.67. The van der Waals surface area contributed by atoms with Gasteiger partial charge in [0.2, 0.25) is 5.13 Å². The molecule has 0 atom stereocenters. The molecular weight excluding hydrogens is 366 g/mol. The maximum atomic E-state index is 12.5. The van der Waals surface area contributed by atoms with Crippen molar-refractivity contribution < 1.29 is 0 Å². The van der Waals surface area contributed by atoms with E-state index >= 15 is 0 Å². The second kappa shape index (κ2) is 7.67. The van der Waals surface area contributed by atoms with Crippen molar-refractivity contribution in [3.8, 4) is 0 Å². The van der Waals surface area contributed by atoms with Crippen LogP contribution in [0.2, 0.25) is 0 Å². The quantitative estimate of drug-likeness (QED) is 0.513. The Bertz CT molecular complexity index is 1080. The maximum Gasteiger partial charge on any atom is 0.261 e. The second-order valence-corrected chi connectivity index (χ2v) is 7.79. The molecule has 2 aromatic heterocycles. The molecule has 130 valence electrons. The molecule has 2 aromatic carbocycles. The largest absolute Gasteiger partial charge is 0.330 e. The number of aromatic nitrogens is 4. The number of nitrogens with one attached hydrogen (secondary N) is 1. The zero-order valence-corrected chi connectivity index (χ0v) is 15.3. The molecule has 2 heterocycles. The van der Waals surface area contributed by atoms with E-state index in [4.69, 9.17) is 0 Å². The lowest BCUT2D eigenvalue weighted by molar-refractivity contribution is 0.725. The minimum atomic E-state index is -0.0140. The summed E-state index contributed by atoms with van der Waals surface area (Å²) in [4.78, 5) is 16.8. The predicted molar refractivity (Wildman–Crippen MR) is 106 cm³/mol. The van der Waals surface area contributed by atoms with Gasteiger partial charge in [-0.15, -0.1) is 10.2 Å². The first-order valence-electron chi connectivity index (χ1n) is 8.02. The van der Waals surface area contributed by atoms with Crippen LogP contribution in [-0.2, 0) is 6.54 Å². The topological polar surface area (TPSA) is 72.7 Å². The molecule has 4 aromatic rings. The van der Waals surface area contributed by atoms with E-state index in [2.05, 4.69) is 20.5 Å². The number of thioether (sulfide) groups is 1. The van der Waals surface area contributed by atoms with Gasteiger partial charge in [0.25, 0.3) is 5.56 Å².